The highest BCUT2D eigenvalue weighted by atomic mass is 16.2. The lowest BCUT2D eigenvalue weighted by molar-refractivity contribution is -0.138. The van der Waals surface area contributed by atoms with E-state index in [1.807, 2.05) is 31.2 Å². The Labute approximate surface area is 174 Å². The first-order valence-electron chi connectivity index (χ1n) is 10.5. The summed E-state index contributed by atoms with van der Waals surface area (Å²) in [6, 6.07) is 7.82. The molecule has 0 spiro atoms. The molecule has 1 aliphatic rings. The first kappa shape index (κ1) is 22.7. The van der Waals surface area contributed by atoms with Crippen LogP contribution >= 0.6 is 0 Å². The third-order valence-electron chi connectivity index (χ3n) is 5.36. The van der Waals surface area contributed by atoms with Crippen molar-refractivity contribution >= 4 is 23.5 Å². The summed E-state index contributed by atoms with van der Waals surface area (Å²) < 4.78 is 0. The van der Waals surface area contributed by atoms with Gasteiger partial charge in [0.05, 0.1) is 5.41 Å². The summed E-state index contributed by atoms with van der Waals surface area (Å²) in [5, 5.41) is 9.34. The minimum atomic E-state index is -0.386. The molecular weight excluding hydrogens is 366 g/mol. The van der Waals surface area contributed by atoms with E-state index < -0.39 is 0 Å². The van der Waals surface area contributed by atoms with Crippen LogP contribution in [0.4, 0.5) is 5.69 Å². The van der Waals surface area contributed by atoms with Gasteiger partial charge in [0, 0.05) is 32.9 Å². The summed E-state index contributed by atoms with van der Waals surface area (Å²) in [4.78, 5) is 31.1. The Morgan fingerprint density at radius 2 is 1.86 bits per heavy atom. The van der Waals surface area contributed by atoms with Crippen molar-refractivity contribution < 1.29 is 9.59 Å². The number of rotatable bonds is 8. The van der Waals surface area contributed by atoms with Crippen molar-refractivity contribution in [2.45, 2.75) is 46.0 Å². The third kappa shape index (κ3) is 6.48. The van der Waals surface area contributed by atoms with Gasteiger partial charge in [-0.1, -0.05) is 31.9 Å². The van der Waals surface area contributed by atoms with E-state index in [-0.39, 0.29) is 23.8 Å². The zero-order valence-corrected chi connectivity index (χ0v) is 18.2. The molecule has 29 heavy (non-hydrogen) atoms. The molecule has 0 saturated heterocycles. The van der Waals surface area contributed by atoms with E-state index in [0.29, 0.717) is 19.0 Å². The number of guanidine groups is 1. The Morgan fingerprint density at radius 3 is 2.48 bits per heavy atom. The number of benzene rings is 1. The van der Waals surface area contributed by atoms with Crippen LogP contribution in [0.5, 0.6) is 0 Å². The van der Waals surface area contributed by atoms with Gasteiger partial charge in [-0.3, -0.25) is 9.59 Å². The van der Waals surface area contributed by atoms with Gasteiger partial charge in [0.2, 0.25) is 11.8 Å². The Morgan fingerprint density at radius 1 is 1.14 bits per heavy atom. The minimum absolute atomic E-state index is 0.0142. The van der Waals surface area contributed by atoms with E-state index in [4.69, 9.17) is 0 Å². The highest BCUT2D eigenvalue weighted by Gasteiger charge is 2.42. The number of carbonyl (C=O) groups excluding carboxylic acids is 2. The molecule has 7 nitrogen and oxygen atoms in total. The molecular formula is C22H35N5O2. The molecule has 2 amide bonds. The van der Waals surface area contributed by atoms with E-state index in [2.05, 4.69) is 27.9 Å². The maximum absolute atomic E-state index is 12.7. The number of aryl methyl sites for hydroxylation is 1. The normalized spacial score (nSPS) is 15.7. The molecule has 1 aromatic carbocycles. The zero-order valence-electron chi connectivity index (χ0n) is 18.2. The molecule has 0 unspecified atom stereocenters. The number of hydrogen-bond donors (Lipinski definition) is 3. The Hall–Kier alpha value is -2.57. The standard InChI is InChI=1S/C22H35N5O2/c1-5-17-10-9-11-18(14-17)26-19(28)15-24-21(23-6-2)25-16-22(12-7-8-13-22)20(29)27(3)4/h9-11,14H,5-8,12-13,15-16H2,1-4H3,(H,26,28)(H2,23,24,25). The largest absolute Gasteiger partial charge is 0.357 e. The quantitative estimate of drug-likeness (QED) is 0.461. The van der Waals surface area contributed by atoms with Crippen LogP contribution < -0.4 is 16.0 Å². The van der Waals surface area contributed by atoms with Crippen molar-refractivity contribution in [2.75, 3.05) is 39.0 Å². The number of aliphatic imine (C=N–C) groups is 1. The summed E-state index contributed by atoms with van der Waals surface area (Å²) in [6.45, 7) is 5.28. The van der Waals surface area contributed by atoms with Gasteiger partial charge in [-0.05, 0) is 43.9 Å². The summed E-state index contributed by atoms with van der Waals surface area (Å²) in [5.74, 6) is 0.546. The molecule has 1 fully saturated rings. The van der Waals surface area contributed by atoms with E-state index >= 15 is 0 Å². The highest BCUT2D eigenvalue weighted by Crippen LogP contribution is 2.38. The number of amides is 2. The van der Waals surface area contributed by atoms with Crippen LogP contribution in [-0.2, 0) is 16.0 Å². The molecule has 0 atom stereocenters. The topological polar surface area (TPSA) is 85.8 Å². The van der Waals surface area contributed by atoms with E-state index in [0.717, 1.165) is 37.8 Å². The van der Waals surface area contributed by atoms with Gasteiger partial charge in [-0.25, -0.2) is 4.99 Å². The maximum Gasteiger partial charge on any atom is 0.246 e. The highest BCUT2D eigenvalue weighted by molar-refractivity contribution is 5.94. The van der Waals surface area contributed by atoms with Crippen molar-refractivity contribution in [3.63, 3.8) is 0 Å². The lowest BCUT2D eigenvalue weighted by Crippen LogP contribution is -2.49. The fraction of sp³-hybridized carbons (Fsp3) is 0.591. The summed E-state index contributed by atoms with van der Waals surface area (Å²) in [7, 11) is 3.61. The molecule has 160 valence electrons. The fourth-order valence-electron chi connectivity index (χ4n) is 3.81. The fourth-order valence-corrected chi connectivity index (χ4v) is 3.81. The molecule has 0 radical (unpaired) electrons. The van der Waals surface area contributed by atoms with Gasteiger partial charge in [0.15, 0.2) is 5.96 Å². The van der Waals surface area contributed by atoms with Crippen molar-refractivity contribution in [1.82, 2.24) is 15.5 Å². The molecule has 0 aliphatic heterocycles. The SMILES string of the molecule is CCNC(=NCC(=O)Nc1cccc(CC)c1)NCC1(C(=O)N(C)C)CCCC1. The number of carbonyl (C=O) groups is 2. The second-order valence-corrected chi connectivity index (χ2v) is 7.84. The third-order valence-corrected chi connectivity index (χ3v) is 5.36. The Bertz CT molecular complexity index is 724. The summed E-state index contributed by atoms with van der Waals surface area (Å²) >= 11 is 0. The minimum Gasteiger partial charge on any atom is -0.357 e. The average Bonchev–Trinajstić information content (AvgIpc) is 3.19. The van der Waals surface area contributed by atoms with Crippen molar-refractivity contribution in [2.24, 2.45) is 10.4 Å². The zero-order chi connectivity index (χ0) is 21.3. The van der Waals surface area contributed by atoms with Crippen LogP contribution in [0.3, 0.4) is 0 Å². The second-order valence-electron chi connectivity index (χ2n) is 7.84. The summed E-state index contributed by atoms with van der Waals surface area (Å²) in [5.41, 5.74) is 1.57. The van der Waals surface area contributed by atoms with E-state index in [1.54, 1.807) is 19.0 Å². The van der Waals surface area contributed by atoms with E-state index in [9.17, 15) is 9.59 Å². The molecule has 1 saturated carbocycles. The average molecular weight is 402 g/mol. The Kier molecular flexibility index (Phi) is 8.49. The molecule has 1 aromatic rings. The van der Waals surface area contributed by atoms with E-state index in [1.165, 1.54) is 5.56 Å². The first-order valence-corrected chi connectivity index (χ1v) is 10.5. The van der Waals surface area contributed by atoms with Gasteiger partial charge < -0.3 is 20.9 Å². The molecule has 2 rings (SSSR count). The molecule has 3 N–H and O–H groups in total. The smallest absolute Gasteiger partial charge is 0.246 e. The second kappa shape index (κ2) is 10.8. The molecule has 1 aliphatic carbocycles. The van der Waals surface area contributed by atoms with Gasteiger partial charge in [-0.15, -0.1) is 0 Å². The number of hydrogen-bond acceptors (Lipinski definition) is 3. The van der Waals surface area contributed by atoms with Gasteiger partial charge in [0.25, 0.3) is 0 Å². The van der Waals surface area contributed by atoms with Crippen LogP contribution in [0.1, 0.15) is 45.1 Å². The number of anilines is 1. The van der Waals surface area contributed by atoms with Crippen molar-refractivity contribution in [3.05, 3.63) is 29.8 Å². The number of nitrogens with zero attached hydrogens (tertiary/aromatic N) is 2. The van der Waals surface area contributed by atoms with Crippen molar-refractivity contribution in [3.8, 4) is 0 Å². The van der Waals surface area contributed by atoms with Gasteiger partial charge >= 0.3 is 0 Å². The Balaban J connectivity index is 1.97. The van der Waals surface area contributed by atoms with Crippen LogP contribution in [0.2, 0.25) is 0 Å². The lowest BCUT2D eigenvalue weighted by atomic mass is 9.84. The lowest BCUT2D eigenvalue weighted by Gasteiger charge is -2.31. The first-order chi connectivity index (χ1) is 13.9. The summed E-state index contributed by atoms with van der Waals surface area (Å²) in [6.07, 6.45) is 4.81. The molecule has 0 bridgehead atoms. The number of nitrogens with one attached hydrogen (secondary N) is 3. The van der Waals surface area contributed by atoms with Crippen LogP contribution in [0, 0.1) is 5.41 Å². The van der Waals surface area contributed by atoms with Gasteiger partial charge in [-0.2, -0.15) is 0 Å². The van der Waals surface area contributed by atoms with Crippen LogP contribution in [-0.4, -0.2) is 56.4 Å². The predicted octanol–water partition coefficient (Wildman–Crippen LogP) is 2.39. The maximum atomic E-state index is 12.7. The molecule has 7 heteroatoms. The monoisotopic (exact) mass is 401 g/mol. The van der Waals surface area contributed by atoms with Crippen molar-refractivity contribution in [1.29, 1.82) is 0 Å². The van der Waals surface area contributed by atoms with Crippen LogP contribution in [0.15, 0.2) is 29.3 Å². The molecule has 0 heterocycles. The predicted molar refractivity (Wildman–Crippen MR) is 118 cm³/mol. The van der Waals surface area contributed by atoms with Gasteiger partial charge in [0.1, 0.15) is 6.54 Å². The van der Waals surface area contributed by atoms with Crippen LogP contribution in [0.25, 0.3) is 0 Å². The molecule has 0 aromatic heterocycles.